The molecular formula is C20H19N3O2S. The predicted octanol–water partition coefficient (Wildman–Crippen LogP) is 4.92. The lowest BCUT2D eigenvalue weighted by Crippen LogP contribution is -2.18. The standard InChI is InChI=1S/C20H19N3O2S/c1-12-4-6-15(7-5-12)11-23-16-8-9-25-18(16)10-17(23)20(24)21-19-13(2)22-26-14(19)3/h4-10H,11H2,1-3H3,(H,21,24). The SMILES string of the molecule is Cc1ccc(Cn2c(C(=O)Nc3c(C)nsc3C)cc3occc32)cc1. The number of rotatable bonds is 4. The average molecular weight is 365 g/mol. The Morgan fingerprint density at radius 1 is 1.19 bits per heavy atom. The van der Waals surface area contributed by atoms with Gasteiger partial charge in [-0.15, -0.1) is 0 Å². The maximum atomic E-state index is 13.0. The summed E-state index contributed by atoms with van der Waals surface area (Å²) in [6.45, 7) is 6.52. The number of benzene rings is 1. The molecule has 0 bridgehead atoms. The van der Waals surface area contributed by atoms with Crippen LogP contribution in [0.2, 0.25) is 0 Å². The van der Waals surface area contributed by atoms with Gasteiger partial charge in [-0.25, -0.2) is 0 Å². The maximum absolute atomic E-state index is 13.0. The van der Waals surface area contributed by atoms with Gasteiger partial charge in [0.25, 0.3) is 5.91 Å². The van der Waals surface area contributed by atoms with E-state index in [1.165, 1.54) is 17.1 Å². The van der Waals surface area contributed by atoms with Gasteiger partial charge in [-0.3, -0.25) is 4.79 Å². The Morgan fingerprint density at radius 2 is 1.96 bits per heavy atom. The summed E-state index contributed by atoms with van der Waals surface area (Å²) in [5.74, 6) is -0.157. The van der Waals surface area contributed by atoms with Crippen LogP contribution >= 0.6 is 11.5 Å². The number of amides is 1. The molecule has 1 N–H and O–H groups in total. The number of carbonyl (C=O) groups excluding carboxylic acids is 1. The zero-order valence-corrected chi connectivity index (χ0v) is 15.7. The lowest BCUT2D eigenvalue weighted by Gasteiger charge is -2.11. The van der Waals surface area contributed by atoms with Crippen LogP contribution in [0, 0.1) is 20.8 Å². The Labute approximate surface area is 155 Å². The number of nitrogens with zero attached hydrogens (tertiary/aromatic N) is 2. The van der Waals surface area contributed by atoms with Crippen molar-refractivity contribution in [2.45, 2.75) is 27.3 Å². The van der Waals surface area contributed by atoms with Gasteiger partial charge in [0.1, 0.15) is 5.69 Å². The molecule has 4 rings (SSSR count). The monoisotopic (exact) mass is 365 g/mol. The zero-order chi connectivity index (χ0) is 18.3. The third-order valence-electron chi connectivity index (χ3n) is 4.49. The van der Waals surface area contributed by atoms with Crippen LogP contribution in [0.3, 0.4) is 0 Å². The van der Waals surface area contributed by atoms with Crippen molar-refractivity contribution < 1.29 is 9.21 Å². The van der Waals surface area contributed by atoms with E-state index < -0.39 is 0 Å². The molecule has 0 fully saturated rings. The highest BCUT2D eigenvalue weighted by atomic mass is 32.1. The van der Waals surface area contributed by atoms with Gasteiger partial charge in [-0.2, -0.15) is 4.37 Å². The van der Waals surface area contributed by atoms with E-state index in [1.54, 1.807) is 12.3 Å². The molecule has 0 aliphatic carbocycles. The molecule has 0 saturated heterocycles. The normalized spacial score (nSPS) is 11.2. The summed E-state index contributed by atoms with van der Waals surface area (Å²) in [6.07, 6.45) is 1.65. The maximum Gasteiger partial charge on any atom is 0.272 e. The molecule has 132 valence electrons. The summed E-state index contributed by atoms with van der Waals surface area (Å²) in [4.78, 5) is 13.9. The summed E-state index contributed by atoms with van der Waals surface area (Å²) in [5, 5.41) is 3.01. The van der Waals surface area contributed by atoms with Crippen LogP contribution < -0.4 is 5.32 Å². The molecule has 0 radical (unpaired) electrons. The third-order valence-corrected chi connectivity index (χ3v) is 5.33. The topological polar surface area (TPSA) is 60.1 Å². The molecule has 0 saturated carbocycles. The molecule has 6 heteroatoms. The number of hydrogen-bond donors (Lipinski definition) is 1. The fourth-order valence-electron chi connectivity index (χ4n) is 3.05. The van der Waals surface area contributed by atoms with Crippen molar-refractivity contribution in [1.29, 1.82) is 0 Å². The second-order valence-corrected chi connectivity index (χ2v) is 7.40. The Hall–Kier alpha value is -2.86. The number of fused-ring (bicyclic) bond motifs is 1. The van der Waals surface area contributed by atoms with Crippen molar-refractivity contribution in [1.82, 2.24) is 8.94 Å². The van der Waals surface area contributed by atoms with Crippen LogP contribution in [0.25, 0.3) is 11.1 Å². The van der Waals surface area contributed by atoms with Gasteiger partial charge in [0.05, 0.1) is 23.2 Å². The molecule has 1 amide bonds. The Kier molecular flexibility index (Phi) is 4.12. The summed E-state index contributed by atoms with van der Waals surface area (Å²) in [7, 11) is 0. The first-order valence-electron chi connectivity index (χ1n) is 8.39. The number of furan rings is 1. The van der Waals surface area contributed by atoms with E-state index in [0.29, 0.717) is 17.8 Å². The smallest absolute Gasteiger partial charge is 0.272 e. The highest BCUT2D eigenvalue weighted by Crippen LogP contribution is 2.26. The van der Waals surface area contributed by atoms with Gasteiger partial charge < -0.3 is 14.3 Å². The molecule has 3 aromatic heterocycles. The Morgan fingerprint density at radius 3 is 2.65 bits per heavy atom. The van der Waals surface area contributed by atoms with Crippen LogP contribution in [-0.2, 0) is 6.54 Å². The van der Waals surface area contributed by atoms with Gasteiger partial charge in [0.15, 0.2) is 5.58 Å². The second-order valence-electron chi connectivity index (χ2n) is 6.42. The van der Waals surface area contributed by atoms with Gasteiger partial charge in [0, 0.05) is 23.6 Å². The van der Waals surface area contributed by atoms with E-state index in [9.17, 15) is 4.79 Å². The van der Waals surface area contributed by atoms with Crippen molar-refractivity contribution in [2.24, 2.45) is 0 Å². The Balaban J connectivity index is 1.71. The van der Waals surface area contributed by atoms with Gasteiger partial charge >= 0.3 is 0 Å². The van der Waals surface area contributed by atoms with E-state index in [1.807, 2.05) is 24.5 Å². The molecule has 0 aliphatic heterocycles. The minimum absolute atomic E-state index is 0.157. The second kappa shape index (κ2) is 6.46. The molecule has 0 spiro atoms. The van der Waals surface area contributed by atoms with E-state index in [4.69, 9.17) is 4.42 Å². The molecule has 5 nitrogen and oxygen atoms in total. The Bertz CT molecular complexity index is 1070. The molecule has 0 unspecified atom stereocenters. The van der Waals surface area contributed by atoms with E-state index in [0.717, 1.165) is 27.3 Å². The summed E-state index contributed by atoms with van der Waals surface area (Å²) in [6, 6.07) is 12.0. The number of aryl methyl sites for hydroxylation is 3. The van der Waals surface area contributed by atoms with E-state index in [2.05, 4.69) is 40.9 Å². The van der Waals surface area contributed by atoms with Crippen LogP contribution in [0.4, 0.5) is 5.69 Å². The molecule has 1 aromatic carbocycles. The van der Waals surface area contributed by atoms with Crippen LogP contribution in [0.1, 0.15) is 32.2 Å². The quantitative estimate of drug-likeness (QED) is 0.558. The first kappa shape index (κ1) is 16.6. The molecule has 0 aliphatic rings. The number of nitrogens with one attached hydrogen (secondary N) is 1. The minimum Gasteiger partial charge on any atom is -0.463 e. The van der Waals surface area contributed by atoms with Crippen molar-refractivity contribution in [2.75, 3.05) is 5.32 Å². The lowest BCUT2D eigenvalue weighted by atomic mass is 10.1. The zero-order valence-electron chi connectivity index (χ0n) is 14.9. The first-order chi connectivity index (χ1) is 12.5. The number of anilines is 1. The molecule has 0 atom stereocenters. The minimum atomic E-state index is -0.157. The van der Waals surface area contributed by atoms with Crippen LogP contribution in [0.15, 0.2) is 47.1 Å². The fraction of sp³-hybridized carbons (Fsp3) is 0.200. The number of carbonyl (C=O) groups is 1. The van der Waals surface area contributed by atoms with E-state index in [-0.39, 0.29) is 5.91 Å². The van der Waals surface area contributed by atoms with Crippen molar-refractivity contribution >= 4 is 34.2 Å². The van der Waals surface area contributed by atoms with Gasteiger partial charge in [-0.05, 0) is 37.9 Å². The van der Waals surface area contributed by atoms with Crippen LogP contribution in [-0.4, -0.2) is 14.8 Å². The molecule has 26 heavy (non-hydrogen) atoms. The van der Waals surface area contributed by atoms with Gasteiger partial charge in [-0.1, -0.05) is 29.8 Å². The van der Waals surface area contributed by atoms with Crippen molar-refractivity contribution in [3.8, 4) is 0 Å². The van der Waals surface area contributed by atoms with Gasteiger partial charge in [0.2, 0.25) is 0 Å². The highest BCUT2D eigenvalue weighted by Gasteiger charge is 2.20. The molecule has 4 aromatic rings. The highest BCUT2D eigenvalue weighted by molar-refractivity contribution is 7.06. The summed E-state index contributed by atoms with van der Waals surface area (Å²) >= 11 is 1.39. The summed E-state index contributed by atoms with van der Waals surface area (Å²) in [5.41, 5.74) is 6.16. The van der Waals surface area contributed by atoms with Crippen LogP contribution in [0.5, 0.6) is 0 Å². The fourth-order valence-corrected chi connectivity index (χ4v) is 3.71. The summed E-state index contributed by atoms with van der Waals surface area (Å²) < 4.78 is 11.8. The first-order valence-corrected chi connectivity index (χ1v) is 9.17. The largest absolute Gasteiger partial charge is 0.463 e. The average Bonchev–Trinajstić information content (AvgIpc) is 3.29. The number of hydrogen-bond acceptors (Lipinski definition) is 4. The third kappa shape index (κ3) is 2.93. The van der Waals surface area contributed by atoms with Crippen molar-refractivity contribution in [3.05, 3.63) is 70.1 Å². The molecule has 3 heterocycles. The van der Waals surface area contributed by atoms with E-state index >= 15 is 0 Å². The predicted molar refractivity (Wildman–Crippen MR) is 104 cm³/mol. The molecular weight excluding hydrogens is 346 g/mol. The lowest BCUT2D eigenvalue weighted by molar-refractivity contribution is 0.101. The van der Waals surface area contributed by atoms with Crippen molar-refractivity contribution in [3.63, 3.8) is 0 Å². The number of aromatic nitrogens is 2.